The molecule has 0 amide bonds. The molecule has 0 unspecified atom stereocenters. The summed E-state index contributed by atoms with van der Waals surface area (Å²) in [4.78, 5) is 12.3. The SMILES string of the molecule is CN(C)c1cccc(OCc2cccc([N+](=O)[O-])c2N)c1. The molecule has 0 fully saturated rings. The van der Waals surface area contributed by atoms with Gasteiger partial charge in [0.1, 0.15) is 18.0 Å². The van der Waals surface area contributed by atoms with E-state index in [2.05, 4.69) is 0 Å². The van der Waals surface area contributed by atoms with E-state index >= 15 is 0 Å². The van der Waals surface area contributed by atoms with Crippen LogP contribution in [0.5, 0.6) is 5.75 Å². The molecule has 0 radical (unpaired) electrons. The smallest absolute Gasteiger partial charge is 0.292 e. The second kappa shape index (κ2) is 6.13. The summed E-state index contributed by atoms with van der Waals surface area (Å²) in [5.41, 5.74) is 7.45. The largest absolute Gasteiger partial charge is 0.489 e. The van der Waals surface area contributed by atoms with E-state index in [9.17, 15) is 10.1 Å². The monoisotopic (exact) mass is 287 g/mol. The Morgan fingerprint density at radius 3 is 2.62 bits per heavy atom. The first-order chi connectivity index (χ1) is 9.99. The Hall–Kier alpha value is -2.76. The Morgan fingerprint density at radius 1 is 1.24 bits per heavy atom. The molecule has 0 bridgehead atoms. The molecular formula is C15H17N3O3. The van der Waals surface area contributed by atoms with Crippen molar-refractivity contribution in [1.29, 1.82) is 0 Å². The average molecular weight is 287 g/mol. The van der Waals surface area contributed by atoms with Crippen molar-refractivity contribution in [3.8, 4) is 5.75 Å². The zero-order valence-electron chi connectivity index (χ0n) is 11.9. The van der Waals surface area contributed by atoms with Crippen LogP contribution in [0.4, 0.5) is 17.1 Å². The van der Waals surface area contributed by atoms with Crippen LogP contribution in [-0.4, -0.2) is 19.0 Å². The Labute approximate surface area is 122 Å². The molecule has 6 nitrogen and oxygen atoms in total. The number of para-hydroxylation sites is 1. The van der Waals surface area contributed by atoms with E-state index in [0.29, 0.717) is 11.3 Å². The third-order valence-corrected chi connectivity index (χ3v) is 3.10. The van der Waals surface area contributed by atoms with E-state index in [0.717, 1.165) is 5.69 Å². The Balaban J connectivity index is 2.15. The van der Waals surface area contributed by atoms with Crippen LogP contribution in [-0.2, 0) is 6.61 Å². The summed E-state index contributed by atoms with van der Waals surface area (Å²) in [5, 5.41) is 10.8. The fourth-order valence-electron chi connectivity index (χ4n) is 1.90. The lowest BCUT2D eigenvalue weighted by atomic mass is 10.1. The van der Waals surface area contributed by atoms with E-state index in [1.54, 1.807) is 12.1 Å². The lowest BCUT2D eigenvalue weighted by Gasteiger charge is -2.14. The maximum atomic E-state index is 10.8. The first-order valence-electron chi connectivity index (χ1n) is 6.41. The predicted molar refractivity (Wildman–Crippen MR) is 82.6 cm³/mol. The van der Waals surface area contributed by atoms with E-state index in [-0.39, 0.29) is 18.0 Å². The standard InChI is InChI=1S/C15H17N3O3/c1-17(2)12-6-4-7-13(9-12)21-10-11-5-3-8-14(15(11)16)18(19)20/h3-9H,10,16H2,1-2H3. The fraction of sp³-hybridized carbons (Fsp3) is 0.200. The molecule has 0 aliphatic heterocycles. The highest BCUT2D eigenvalue weighted by Gasteiger charge is 2.14. The van der Waals surface area contributed by atoms with Crippen LogP contribution in [0.15, 0.2) is 42.5 Å². The number of benzene rings is 2. The summed E-state index contributed by atoms with van der Waals surface area (Å²) in [6.45, 7) is 0.185. The molecule has 0 atom stereocenters. The van der Waals surface area contributed by atoms with Crippen molar-refractivity contribution < 1.29 is 9.66 Å². The predicted octanol–water partition coefficient (Wildman–Crippen LogP) is 2.82. The van der Waals surface area contributed by atoms with Gasteiger partial charge < -0.3 is 15.4 Å². The van der Waals surface area contributed by atoms with Gasteiger partial charge in [0.15, 0.2) is 0 Å². The van der Waals surface area contributed by atoms with Crippen LogP contribution >= 0.6 is 0 Å². The van der Waals surface area contributed by atoms with Crippen molar-refractivity contribution in [2.24, 2.45) is 0 Å². The fourth-order valence-corrected chi connectivity index (χ4v) is 1.90. The van der Waals surface area contributed by atoms with Gasteiger partial charge in [-0.2, -0.15) is 0 Å². The molecule has 0 saturated heterocycles. The molecule has 110 valence electrons. The van der Waals surface area contributed by atoms with E-state index < -0.39 is 4.92 Å². The summed E-state index contributed by atoms with van der Waals surface area (Å²) in [5.74, 6) is 0.687. The summed E-state index contributed by atoms with van der Waals surface area (Å²) in [7, 11) is 3.88. The van der Waals surface area contributed by atoms with Gasteiger partial charge in [-0.3, -0.25) is 10.1 Å². The molecule has 0 saturated carbocycles. The van der Waals surface area contributed by atoms with Crippen LogP contribution in [0.2, 0.25) is 0 Å². The number of nitrogen functional groups attached to an aromatic ring is 1. The molecular weight excluding hydrogens is 270 g/mol. The minimum absolute atomic E-state index is 0.0989. The van der Waals surface area contributed by atoms with E-state index in [1.165, 1.54) is 6.07 Å². The third kappa shape index (κ3) is 3.42. The van der Waals surface area contributed by atoms with Gasteiger partial charge in [0.2, 0.25) is 0 Å². The first-order valence-corrected chi connectivity index (χ1v) is 6.41. The molecule has 0 aliphatic carbocycles. The molecule has 0 aromatic heterocycles. The quantitative estimate of drug-likeness (QED) is 0.519. The summed E-state index contributed by atoms with van der Waals surface area (Å²) >= 11 is 0. The second-order valence-corrected chi connectivity index (χ2v) is 4.79. The maximum absolute atomic E-state index is 10.8. The number of nitro groups is 1. The summed E-state index contributed by atoms with van der Waals surface area (Å²) in [6, 6.07) is 12.3. The molecule has 0 heterocycles. The second-order valence-electron chi connectivity index (χ2n) is 4.79. The van der Waals surface area contributed by atoms with Gasteiger partial charge in [-0.25, -0.2) is 0 Å². The normalized spacial score (nSPS) is 10.2. The number of nitrogens with two attached hydrogens (primary N) is 1. The van der Waals surface area contributed by atoms with Crippen molar-refractivity contribution >= 4 is 17.1 Å². The Morgan fingerprint density at radius 2 is 1.95 bits per heavy atom. The molecule has 2 aromatic carbocycles. The van der Waals surface area contributed by atoms with Gasteiger partial charge in [-0.1, -0.05) is 18.2 Å². The lowest BCUT2D eigenvalue weighted by molar-refractivity contribution is -0.384. The molecule has 2 rings (SSSR count). The highest BCUT2D eigenvalue weighted by molar-refractivity contribution is 5.62. The van der Waals surface area contributed by atoms with Gasteiger partial charge in [0.05, 0.1) is 4.92 Å². The Bertz CT molecular complexity index is 656. The number of hydrogen-bond acceptors (Lipinski definition) is 5. The molecule has 21 heavy (non-hydrogen) atoms. The minimum Gasteiger partial charge on any atom is -0.489 e. The van der Waals surface area contributed by atoms with Crippen LogP contribution in [0, 0.1) is 10.1 Å². The molecule has 2 aromatic rings. The highest BCUT2D eigenvalue weighted by atomic mass is 16.6. The van der Waals surface area contributed by atoms with Gasteiger partial charge in [-0.15, -0.1) is 0 Å². The van der Waals surface area contributed by atoms with Crippen molar-refractivity contribution in [1.82, 2.24) is 0 Å². The maximum Gasteiger partial charge on any atom is 0.292 e. The zero-order valence-corrected chi connectivity index (χ0v) is 11.9. The number of ether oxygens (including phenoxy) is 1. The van der Waals surface area contributed by atoms with Crippen molar-refractivity contribution in [2.45, 2.75) is 6.61 Å². The number of anilines is 2. The van der Waals surface area contributed by atoms with Gasteiger partial charge >= 0.3 is 0 Å². The third-order valence-electron chi connectivity index (χ3n) is 3.10. The van der Waals surface area contributed by atoms with Crippen LogP contribution in [0.3, 0.4) is 0 Å². The zero-order chi connectivity index (χ0) is 15.4. The van der Waals surface area contributed by atoms with Crippen molar-refractivity contribution in [3.63, 3.8) is 0 Å². The minimum atomic E-state index is -0.495. The molecule has 6 heteroatoms. The van der Waals surface area contributed by atoms with Crippen LogP contribution < -0.4 is 15.4 Å². The summed E-state index contributed by atoms with van der Waals surface area (Å²) < 4.78 is 5.67. The van der Waals surface area contributed by atoms with E-state index in [1.807, 2.05) is 43.3 Å². The van der Waals surface area contributed by atoms with Crippen molar-refractivity contribution in [2.75, 3.05) is 24.7 Å². The Kier molecular flexibility index (Phi) is 4.27. The number of rotatable bonds is 5. The average Bonchev–Trinajstić information content (AvgIpc) is 2.46. The van der Waals surface area contributed by atoms with Crippen molar-refractivity contribution in [3.05, 3.63) is 58.1 Å². The number of hydrogen-bond donors (Lipinski definition) is 1. The van der Waals surface area contributed by atoms with Gasteiger partial charge in [-0.05, 0) is 12.1 Å². The highest BCUT2D eigenvalue weighted by Crippen LogP contribution is 2.26. The molecule has 0 aliphatic rings. The van der Waals surface area contributed by atoms with Crippen LogP contribution in [0.1, 0.15) is 5.56 Å². The number of nitro benzene ring substituents is 1. The number of nitrogens with zero attached hydrogens (tertiary/aromatic N) is 2. The summed E-state index contributed by atoms with van der Waals surface area (Å²) in [6.07, 6.45) is 0. The molecule has 2 N–H and O–H groups in total. The van der Waals surface area contributed by atoms with Crippen LogP contribution in [0.25, 0.3) is 0 Å². The van der Waals surface area contributed by atoms with E-state index in [4.69, 9.17) is 10.5 Å². The topological polar surface area (TPSA) is 81.6 Å². The first kappa shape index (κ1) is 14.6. The lowest BCUT2D eigenvalue weighted by Crippen LogP contribution is -2.08. The van der Waals surface area contributed by atoms with Gasteiger partial charge in [0, 0.05) is 37.5 Å². The van der Waals surface area contributed by atoms with Gasteiger partial charge in [0.25, 0.3) is 5.69 Å². The molecule has 0 spiro atoms.